The minimum absolute atomic E-state index is 0.347. The number of ether oxygens (including phenoxy) is 4. The van der Waals surface area contributed by atoms with Gasteiger partial charge in [-0.15, -0.1) is 0 Å². The Morgan fingerprint density at radius 2 is 1.53 bits per heavy atom. The molecule has 0 aromatic heterocycles. The fraction of sp³-hybridized carbons (Fsp3) is 0.385. The van der Waals surface area contributed by atoms with E-state index in [2.05, 4.69) is 9.47 Å². The molecule has 0 aliphatic carbocycles. The first-order valence-electron chi connectivity index (χ1n) is 5.46. The average molecular weight is 268 g/mol. The summed E-state index contributed by atoms with van der Waals surface area (Å²) in [5.74, 6) is -1.71. The van der Waals surface area contributed by atoms with Crippen molar-refractivity contribution >= 4 is 11.9 Å². The molecular weight excluding hydrogens is 252 g/mol. The fourth-order valence-corrected chi connectivity index (χ4v) is 1.64. The number of carbonyl (C=O) groups excluding carboxylic acids is 2. The number of benzene rings is 1. The lowest BCUT2D eigenvalue weighted by Gasteiger charge is -2.16. The van der Waals surface area contributed by atoms with Gasteiger partial charge >= 0.3 is 11.9 Å². The highest BCUT2D eigenvalue weighted by molar-refractivity contribution is 6.01. The van der Waals surface area contributed by atoms with Gasteiger partial charge in [0.15, 0.2) is 5.92 Å². The quantitative estimate of drug-likeness (QED) is 0.589. The van der Waals surface area contributed by atoms with Gasteiger partial charge in [-0.25, -0.2) is 0 Å². The van der Waals surface area contributed by atoms with Crippen LogP contribution in [0.1, 0.15) is 11.5 Å². The van der Waals surface area contributed by atoms with Crippen molar-refractivity contribution in [3.63, 3.8) is 0 Å². The second-order valence-corrected chi connectivity index (χ2v) is 3.59. The van der Waals surface area contributed by atoms with Crippen LogP contribution in [0.5, 0.6) is 11.5 Å². The second kappa shape index (κ2) is 6.63. The van der Waals surface area contributed by atoms with E-state index in [0.717, 1.165) is 0 Å². The molecule has 0 aliphatic rings. The first kappa shape index (κ1) is 14.8. The summed E-state index contributed by atoms with van der Waals surface area (Å²) < 4.78 is 19.5. The Balaban J connectivity index is 3.29. The van der Waals surface area contributed by atoms with Crippen LogP contribution >= 0.6 is 0 Å². The lowest BCUT2D eigenvalue weighted by molar-refractivity contribution is -0.154. The molecule has 6 heteroatoms. The lowest BCUT2D eigenvalue weighted by atomic mass is 9.98. The van der Waals surface area contributed by atoms with Gasteiger partial charge in [0, 0.05) is 11.6 Å². The summed E-state index contributed by atoms with van der Waals surface area (Å²) in [6.07, 6.45) is 0. The van der Waals surface area contributed by atoms with Crippen LogP contribution in [-0.4, -0.2) is 40.4 Å². The van der Waals surface area contributed by atoms with Crippen molar-refractivity contribution in [1.29, 1.82) is 0 Å². The summed E-state index contributed by atoms with van der Waals surface area (Å²) >= 11 is 0. The van der Waals surface area contributed by atoms with Gasteiger partial charge in [-0.3, -0.25) is 9.59 Å². The Hall–Kier alpha value is -2.24. The number of rotatable bonds is 5. The highest BCUT2D eigenvalue weighted by Gasteiger charge is 2.33. The number of hydrogen-bond acceptors (Lipinski definition) is 6. The highest BCUT2D eigenvalue weighted by Crippen LogP contribution is 2.32. The molecule has 0 amide bonds. The van der Waals surface area contributed by atoms with E-state index in [1.165, 1.54) is 28.4 Å². The maximum atomic E-state index is 11.7. The summed E-state index contributed by atoms with van der Waals surface area (Å²) in [6.45, 7) is 0. The fourth-order valence-electron chi connectivity index (χ4n) is 1.64. The average Bonchev–Trinajstić information content (AvgIpc) is 2.46. The third-order valence-electron chi connectivity index (χ3n) is 2.63. The van der Waals surface area contributed by atoms with Crippen molar-refractivity contribution in [3.05, 3.63) is 23.8 Å². The predicted octanol–water partition coefficient (Wildman–Crippen LogP) is 1.13. The van der Waals surface area contributed by atoms with Crippen LogP contribution < -0.4 is 9.47 Å². The molecule has 0 fully saturated rings. The molecule has 0 heterocycles. The van der Waals surface area contributed by atoms with Crippen LogP contribution in [0.4, 0.5) is 0 Å². The molecule has 1 rings (SSSR count). The zero-order valence-electron chi connectivity index (χ0n) is 11.3. The molecule has 1 aromatic rings. The molecule has 0 atom stereocenters. The molecule has 0 radical (unpaired) electrons. The largest absolute Gasteiger partial charge is 0.497 e. The van der Waals surface area contributed by atoms with Gasteiger partial charge < -0.3 is 18.9 Å². The zero-order chi connectivity index (χ0) is 14.4. The number of esters is 2. The molecule has 0 saturated heterocycles. The maximum absolute atomic E-state index is 11.7. The van der Waals surface area contributed by atoms with Crippen molar-refractivity contribution in [2.75, 3.05) is 28.4 Å². The van der Waals surface area contributed by atoms with Gasteiger partial charge in [-0.05, 0) is 6.07 Å². The maximum Gasteiger partial charge on any atom is 0.324 e. The number of methoxy groups -OCH3 is 4. The molecule has 1 aromatic carbocycles. The van der Waals surface area contributed by atoms with E-state index in [-0.39, 0.29) is 0 Å². The van der Waals surface area contributed by atoms with Gasteiger partial charge in [0.25, 0.3) is 0 Å². The van der Waals surface area contributed by atoms with E-state index in [9.17, 15) is 9.59 Å². The van der Waals surface area contributed by atoms with E-state index in [1.807, 2.05) is 0 Å². The van der Waals surface area contributed by atoms with Gasteiger partial charge in [0.05, 0.1) is 28.4 Å². The monoisotopic (exact) mass is 268 g/mol. The molecule has 6 nitrogen and oxygen atoms in total. The topological polar surface area (TPSA) is 71.1 Å². The first-order chi connectivity index (χ1) is 9.08. The minimum Gasteiger partial charge on any atom is -0.497 e. The summed E-state index contributed by atoms with van der Waals surface area (Å²) in [6, 6.07) is 4.77. The summed E-state index contributed by atoms with van der Waals surface area (Å²) in [5, 5.41) is 0. The molecule has 0 aliphatic heterocycles. The SMILES string of the molecule is COC(=O)C(C(=O)OC)c1ccc(OC)cc1OC. The van der Waals surface area contributed by atoms with E-state index in [4.69, 9.17) is 9.47 Å². The summed E-state index contributed by atoms with van der Waals surface area (Å²) in [4.78, 5) is 23.5. The van der Waals surface area contributed by atoms with E-state index >= 15 is 0 Å². The van der Waals surface area contributed by atoms with Crippen LogP contribution in [0.2, 0.25) is 0 Å². The second-order valence-electron chi connectivity index (χ2n) is 3.59. The first-order valence-corrected chi connectivity index (χ1v) is 5.46. The van der Waals surface area contributed by atoms with Gasteiger partial charge in [-0.1, -0.05) is 6.07 Å². The van der Waals surface area contributed by atoms with Gasteiger partial charge in [-0.2, -0.15) is 0 Å². The lowest BCUT2D eigenvalue weighted by Crippen LogP contribution is -2.24. The zero-order valence-corrected chi connectivity index (χ0v) is 11.3. The molecule has 0 bridgehead atoms. The van der Waals surface area contributed by atoms with E-state index in [1.54, 1.807) is 18.2 Å². The standard InChI is InChI=1S/C13H16O6/c1-16-8-5-6-9(10(7-8)17-2)11(12(14)18-3)13(15)19-4/h5-7,11H,1-4H3. The van der Waals surface area contributed by atoms with Crippen molar-refractivity contribution in [2.24, 2.45) is 0 Å². The predicted molar refractivity (Wildman–Crippen MR) is 66.3 cm³/mol. The Kier molecular flexibility index (Phi) is 5.17. The van der Waals surface area contributed by atoms with Crippen molar-refractivity contribution in [2.45, 2.75) is 5.92 Å². The van der Waals surface area contributed by atoms with Crippen LogP contribution in [0.15, 0.2) is 18.2 Å². The van der Waals surface area contributed by atoms with Crippen LogP contribution in [-0.2, 0) is 19.1 Å². The highest BCUT2D eigenvalue weighted by atomic mass is 16.5. The minimum atomic E-state index is -1.18. The molecular formula is C13H16O6. The van der Waals surface area contributed by atoms with Crippen LogP contribution in [0.25, 0.3) is 0 Å². The normalized spacial score (nSPS) is 9.95. The van der Waals surface area contributed by atoms with Gasteiger partial charge in [0.1, 0.15) is 11.5 Å². The van der Waals surface area contributed by atoms with Crippen LogP contribution in [0, 0.1) is 0 Å². The molecule has 0 unspecified atom stereocenters. The molecule has 0 saturated carbocycles. The van der Waals surface area contributed by atoms with Crippen molar-refractivity contribution in [1.82, 2.24) is 0 Å². The van der Waals surface area contributed by atoms with Gasteiger partial charge in [0.2, 0.25) is 0 Å². The van der Waals surface area contributed by atoms with E-state index in [0.29, 0.717) is 17.1 Å². The van der Waals surface area contributed by atoms with E-state index < -0.39 is 17.9 Å². The molecule has 104 valence electrons. The Morgan fingerprint density at radius 1 is 0.947 bits per heavy atom. The molecule has 0 N–H and O–H groups in total. The van der Waals surface area contributed by atoms with Crippen LogP contribution in [0.3, 0.4) is 0 Å². The van der Waals surface area contributed by atoms with Crippen molar-refractivity contribution < 1.29 is 28.5 Å². The molecule has 0 spiro atoms. The smallest absolute Gasteiger partial charge is 0.324 e. The Bertz CT molecular complexity index is 452. The third-order valence-corrected chi connectivity index (χ3v) is 2.63. The third kappa shape index (κ3) is 3.15. The summed E-state index contributed by atoms with van der Waals surface area (Å²) in [7, 11) is 5.35. The Morgan fingerprint density at radius 3 is 1.95 bits per heavy atom. The number of carbonyl (C=O) groups is 2. The number of hydrogen-bond donors (Lipinski definition) is 0. The summed E-state index contributed by atoms with van der Waals surface area (Å²) in [5.41, 5.74) is 0.363. The Labute approximate surface area is 111 Å². The molecule has 19 heavy (non-hydrogen) atoms. The van der Waals surface area contributed by atoms with Crippen molar-refractivity contribution in [3.8, 4) is 11.5 Å².